The molecule has 52 valence electrons. The van der Waals surface area contributed by atoms with Crippen molar-refractivity contribution in [1.29, 1.82) is 5.26 Å². The van der Waals surface area contributed by atoms with Crippen LogP contribution in [0.5, 0.6) is 0 Å². The molecule has 0 N–H and O–H groups in total. The third-order valence-electron chi connectivity index (χ3n) is 1.17. The molecule has 0 heterocycles. The van der Waals surface area contributed by atoms with Crippen molar-refractivity contribution in [3.05, 3.63) is 33.4 Å². The molecule has 0 aliphatic rings. The summed E-state index contributed by atoms with van der Waals surface area (Å²) in [6.07, 6.45) is 0. The molecule has 1 rings (SSSR count). The van der Waals surface area contributed by atoms with Crippen molar-refractivity contribution in [2.45, 2.75) is 0 Å². The molecule has 0 fully saturated rings. The van der Waals surface area contributed by atoms with Gasteiger partial charge in [-0.2, -0.15) is 0 Å². The van der Waals surface area contributed by atoms with Crippen molar-refractivity contribution >= 4 is 0 Å². The van der Waals surface area contributed by atoms with Crippen molar-refractivity contribution in [3.8, 4) is 6.07 Å². The van der Waals surface area contributed by atoms with Gasteiger partial charge in [-0.05, 0) is 0 Å². The number of nitrogens with zero attached hydrogens (tertiary/aromatic N) is 1. The molecule has 1 aromatic carbocycles. The molecular weight excluding hydrogens is 237 g/mol. The van der Waals surface area contributed by atoms with E-state index in [1.165, 1.54) is 3.57 Å². The van der Waals surface area contributed by atoms with Gasteiger partial charge in [0, 0.05) is 0 Å². The Balaban J connectivity index is 3.01. The average Bonchev–Trinajstić information content (AvgIpc) is 2.05. The minimum atomic E-state index is 0.135. The Morgan fingerprint density at radius 3 is 2.90 bits per heavy atom. The van der Waals surface area contributed by atoms with Crippen LogP contribution in [0.4, 0.5) is 0 Å². The van der Waals surface area contributed by atoms with E-state index < -0.39 is 0 Å². The van der Waals surface area contributed by atoms with Crippen LogP contribution in [0.15, 0.2) is 24.3 Å². The van der Waals surface area contributed by atoms with Gasteiger partial charge >= 0.3 is 70.9 Å². The molecular formula is C8H7IN-. The molecule has 1 nitrogen and oxygen atoms in total. The van der Waals surface area contributed by atoms with Crippen molar-refractivity contribution in [2.75, 3.05) is 4.93 Å². The number of alkyl halides is 1. The molecule has 0 aliphatic carbocycles. The molecule has 0 amide bonds. The summed E-state index contributed by atoms with van der Waals surface area (Å²) >= 11 is 0.135. The van der Waals surface area contributed by atoms with Gasteiger partial charge in [-0.25, -0.2) is 0 Å². The molecule has 0 bridgehead atoms. The van der Waals surface area contributed by atoms with Crippen LogP contribution in [-0.2, 0) is 0 Å². The van der Waals surface area contributed by atoms with Gasteiger partial charge in [0.2, 0.25) is 0 Å². The summed E-state index contributed by atoms with van der Waals surface area (Å²) in [6.45, 7) is 0. The first-order valence-electron chi connectivity index (χ1n) is 2.86. The second-order valence-corrected chi connectivity index (χ2v) is 4.14. The monoisotopic (exact) mass is 244 g/mol. The number of nitriles is 1. The maximum atomic E-state index is 8.52. The molecule has 0 aromatic heterocycles. The first kappa shape index (κ1) is 7.55. The molecule has 2 heteroatoms. The molecule has 1 aromatic rings. The normalized spacial score (nSPS) is 9.20. The first-order valence-corrected chi connectivity index (χ1v) is 6.10. The summed E-state index contributed by atoms with van der Waals surface area (Å²) < 4.78 is 1.33. The number of rotatable bonds is 1. The summed E-state index contributed by atoms with van der Waals surface area (Å²) in [6, 6.07) is 9.94. The van der Waals surface area contributed by atoms with E-state index in [2.05, 4.69) is 17.1 Å². The minimum absolute atomic E-state index is 0.135. The molecule has 0 atom stereocenters. The van der Waals surface area contributed by atoms with Crippen LogP contribution in [-0.4, -0.2) is 4.93 Å². The van der Waals surface area contributed by atoms with E-state index >= 15 is 0 Å². The van der Waals surface area contributed by atoms with E-state index in [1.54, 1.807) is 0 Å². The average molecular weight is 244 g/mol. The van der Waals surface area contributed by atoms with Crippen LogP contribution in [0.25, 0.3) is 0 Å². The van der Waals surface area contributed by atoms with Crippen LogP contribution in [0, 0.1) is 14.9 Å². The summed E-state index contributed by atoms with van der Waals surface area (Å²) in [5, 5.41) is 8.52. The number of hydrogen-bond donors (Lipinski definition) is 0. The van der Waals surface area contributed by atoms with Gasteiger partial charge < -0.3 is 0 Å². The third-order valence-corrected chi connectivity index (χ3v) is 3.09. The van der Waals surface area contributed by atoms with Gasteiger partial charge in [0.25, 0.3) is 0 Å². The van der Waals surface area contributed by atoms with Crippen molar-refractivity contribution in [2.24, 2.45) is 0 Å². The zero-order chi connectivity index (χ0) is 7.40. The van der Waals surface area contributed by atoms with Gasteiger partial charge in [-0.15, -0.1) is 0 Å². The summed E-state index contributed by atoms with van der Waals surface area (Å²) in [5.41, 5.74) is 0.777. The Bertz CT molecular complexity index is 262. The molecule has 0 saturated heterocycles. The number of benzene rings is 1. The van der Waals surface area contributed by atoms with Gasteiger partial charge in [0.1, 0.15) is 0 Å². The van der Waals surface area contributed by atoms with Gasteiger partial charge in [-0.3, -0.25) is 0 Å². The van der Waals surface area contributed by atoms with Crippen LogP contribution < -0.4 is 21.2 Å². The summed E-state index contributed by atoms with van der Waals surface area (Å²) in [7, 11) is 0. The van der Waals surface area contributed by atoms with Crippen molar-refractivity contribution in [3.63, 3.8) is 0 Å². The fraction of sp³-hybridized carbons (Fsp3) is 0.125. The number of halogens is 1. The molecule has 0 unspecified atom stereocenters. The Hall–Kier alpha value is -0.560. The second-order valence-electron chi connectivity index (χ2n) is 1.81. The predicted octanol–water partition coefficient (Wildman–Crippen LogP) is -1.55. The van der Waals surface area contributed by atoms with E-state index in [-0.39, 0.29) is 21.2 Å². The molecule has 0 aliphatic heterocycles. The van der Waals surface area contributed by atoms with E-state index in [1.807, 2.05) is 18.2 Å². The standard InChI is InChI=1S/C8H7IN/c1-9-8-4-2-3-7(5-8)6-10/h2-5H,1H3/q-1. The van der Waals surface area contributed by atoms with Crippen LogP contribution in [0.1, 0.15) is 5.56 Å². The first-order chi connectivity index (χ1) is 4.86. The molecule has 0 radical (unpaired) electrons. The van der Waals surface area contributed by atoms with Gasteiger partial charge in [0.15, 0.2) is 0 Å². The zero-order valence-corrected chi connectivity index (χ0v) is 7.79. The fourth-order valence-electron chi connectivity index (χ4n) is 0.676. The molecule has 10 heavy (non-hydrogen) atoms. The summed E-state index contributed by atoms with van der Waals surface area (Å²) in [5.74, 6) is 0. The number of hydrogen-bond acceptors (Lipinski definition) is 1. The SMILES string of the molecule is C[I-]c1cccc(C#N)c1. The van der Waals surface area contributed by atoms with E-state index in [4.69, 9.17) is 5.26 Å². The van der Waals surface area contributed by atoms with E-state index in [0.717, 1.165) is 5.56 Å². The predicted molar refractivity (Wildman–Crippen MR) is 35.8 cm³/mol. The zero-order valence-electron chi connectivity index (χ0n) is 5.63. The Morgan fingerprint density at radius 1 is 1.50 bits per heavy atom. The molecule has 0 saturated carbocycles. The Morgan fingerprint density at radius 2 is 2.30 bits per heavy atom. The maximum absolute atomic E-state index is 8.52. The quantitative estimate of drug-likeness (QED) is 0.433. The van der Waals surface area contributed by atoms with E-state index in [9.17, 15) is 0 Å². The van der Waals surface area contributed by atoms with Crippen LogP contribution >= 0.6 is 0 Å². The fourth-order valence-corrected chi connectivity index (χ4v) is 1.89. The topological polar surface area (TPSA) is 23.8 Å². The van der Waals surface area contributed by atoms with Gasteiger partial charge in [-0.1, -0.05) is 0 Å². The van der Waals surface area contributed by atoms with Crippen LogP contribution in [0.2, 0.25) is 0 Å². The van der Waals surface area contributed by atoms with E-state index in [0.29, 0.717) is 0 Å². The Labute approximate surface area is 70.9 Å². The van der Waals surface area contributed by atoms with Gasteiger partial charge in [0.05, 0.1) is 0 Å². The van der Waals surface area contributed by atoms with Crippen molar-refractivity contribution < 1.29 is 21.2 Å². The summed E-state index contributed by atoms with van der Waals surface area (Å²) in [4.78, 5) is 2.19. The van der Waals surface area contributed by atoms with Crippen LogP contribution in [0.3, 0.4) is 0 Å². The molecule has 0 spiro atoms. The van der Waals surface area contributed by atoms with Crippen molar-refractivity contribution in [1.82, 2.24) is 0 Å². The second kappa shape index (κ2) is 3.57. The third kappa shape index (κ3) is 1.71. The Kier molecular flexibility index (Phi) is 2.69.